The summed E-state index contributed by atoms with van der Waals surface area (Å²) in [6.45, 7) is 6.43. The van der Waals surface area contributed by atoms with E-state index in [1.165, 1.54) is 16.6 Å². The van der Waals surface area contributed by atoms with Crippen LogP contribution in [-0.4, -0.2) is 44.0 Å². The Bertz CT molecular complexity index is 693. The van der Waals surface area contributed by atoms with Crippen LogP contribution in [0, 0.1) is 6.92 Å². The van der Waals surface area contributed by atoms with Crippen molar-refractivity contribution in [3.05, 3.63) is 36.4 Å². The van der Waals surface area contributed by atoms with E-state index in [4.69, 9.17) is 0 Å². The maximum atomic E-state index is 11.5. The second kappa shape index (κ2) is 7.14. The lowest BCUT2D eigenvalue weighted by Gasteiger charge is -2.31. The molecule has 1 saturated heterocycles. The Morgan fingerprint density at radius 3 is 2.57 bits per heavy atom. The number of rotatable bonds is 5. The van der Waals surface area contributed by atoms with E-state index in [1.807, 2.05) is 25.1 Å². The fraction of sp³-hybridized carbons (Fsp3) is 0.438. The number of sulfonamides is 1. The largest absolute Gasteiger partial charge is 0.382 e. The summed E-state index contributed by atoms with van der Waals surface area (Å²) in [4.78, 5) is 11.5. The first kappa shape index (κ1) is 17.5. The van der Waals surface area contributed by atoms with Gasteiger partial charge in [-0.15, -0.1) is 0 Å². The van der Waals surface area contributed by atoms with E-state index in [9.17, 15) is 13.2 Å². The van der Waals surface area contributed by atoms with Crippen LogP contribution < -0.4 is 10.6 Å². The summed E-state index contributed by atoms with van der Waals surface area (Å²) < 4.78 is 24.6. The number of nitrogens with zero attached hydrogens (tertiary/aromatic N) is 1. The molecule has 0 saturated carbocycles. The number of carbonyl (C=O) groups is 1. The average molecular weight is 337 g/mol. The zero-order chi connectivity index (χ0) is 17.0. The quantitative estimate of drug-likeness (QED) is 0.805. The first-order valence-corrected chi connectivity index (χ1v) is 9.40. The molecule has 126 valence electrons. The van der Waals surface area contributed by atoms with Crippen LogP contribution in [0.3, 0.4) is 0 Å². The minimum absolute atomic E-state index is 0.221. The molecule has 0 aliphatic carbocycles. The molecule has 2 N–H and O–H groups in total. The van der Waals surface area contributed by atoms with Crippen LogP contribution in [0.1, 0.15) is 18.4 Å². The summed E-state index contributed by atoms with van der Waals surface area (Å²) in [5, 5.41) is 6.19. The fourth-order valence-corrected chi connectivity index (χ4v) is 3.47. The molecule has 1 aromatic rings. The van der Waals surface area contributed by atoms with Gasteiger partial charge in [-0.1, -0.05) is 12.6 Å². The minimum atomic E-state index is -3.10. The number of nitrogens with one attached hydrogen (secondary N) is 2. The van der Waals surface area contributed by atoms with E-state index in [1.54, 1.807) is 0 Å². The molecule has 7 heteroatoms. The number of hydrogen-bond acceptors (Lipinski definition) is 4. The third kappa shape index (κ3) is 4.80. The predicted molar refractivity (Wildman–Crippen MR) is 93.1 cm³/mol. The summed E-state index contributed by atoms with van der Waals surface area (Å²) in [5.41, 5.74) is 2.62. The molecule has 0 bridgehead atoms. The smallest absolute Gasteiger partial charge is 0.247 e. The summed E-state index contributed by atoms with van der Waals surface area (Å²) in [5.74, 6) is -0.244. The van der Waals surface area contributed by atoms with Crippen molar-refractivity contribution >= 4 is 27.3 Å². The number of carbonyl (C=O) groups excluding carboxylic acids is 1. The highest BCUT2D eigenvalue weighted by molar-refractivity contribution is 7.88. The normalized spacial score (nSPS) is 16.8. The lowest BCUT2D eigenvalue weighted by molar-refractivity contribution is -0.111. The Balaban J connectivity index is 2.00. The molecule has 1 aromatic carbocycles. The van der Waals surface area contributed by atoms with Gasteiger partial charge in [0.2, 0.25) is 15.9 Å². The van der Waals surface area contributed by atoms with Gasteiger partial charge in [0.05, 0.1) is 6.26 Å². The van der Waals surface area contributed by atoms with Gasteiger partial charge in [0.25, 0.3) is 0 Å². The molecule has 23 heavy (non-hydrogen) atoms. The molecular weight excluding hydrogens is 314 g/mol. The van der Waals surface area contributed by atoms with Gasteiger partial charge in [-0.05, 0) is 43.5 Å². The lowest BCUT2D eigenvalue weighted by atomic mass is 10.1. The second-order valence-corrected chi connectivity index (χ2v) is 7.79. The highest BCUT2D eigenvalue weighted by Crippen LogP contribution is 2.23. The zero-order valence-electron chi connectivity index (χ0n) is 13.5. The van der Waals surface area contributed by atoms with Gasteiger partial charge in [0.1, 0.15) is 0 Å². The molecule has 2 rings (SSSR count). The fourth-order valence-electron chi connectivity index (χ4n) is 2.60. The van der Waals surface area contributed by atoms with Crippen LogP contribution >= 0.6 is 0 Å². The van der Waals surface area contributed by atoms with Gasteiger partial charge in [-0.25, -0.2) is 12.7 Å². The zero-order valence-corrected chi connectivity index (χ0v) is 14.3. The van der Waals surface area contributed by atoms with Crippen molar-refractivity contribution in [2.24, 2.45) is 0 Å². The van der Waals surface area contributed by atoms with E-state index in [0.29, 0.717) is 13.1 Å². The number of amides is 1. The monoisotopic (exact) mass is 337 g/mol. The second-order valence-electron chi connectivity index (χ2n) is 5.80. The molecule has 0 unspecified atom stereocenters. The van der Waals surface area contributed by atoms with Crippen LogP contribution in [0.15, 0.2) is 30.9 Å². The Morgan fingerprint density at radius 2 is 2.00 bits per heavy atom. The van der Waals surface area contributed by atoms with E-state index < -0.39 is 10.0 Å². The average Bonchev–Trinajstić information content (AvgIpc) is 2.50. The molecule has 0 atom stereocenters. The summed E-state index contributed by atoms with van der Waals surface area (Å²) in [6, 6.07) is 6.01. The van der Waals surface area contributed by atoms with Crippen molar-refractivity contribution < 1.29 is 13.2 Å². The molecule has 1 amide bonds. The number of hydrogen-bond donors (Lipinski definition) is 2. The molecule has 6 nitrogen and oxygen atoms in total. The third-order valence-corrected chi connectivity index (χ3v) is 5.28. The standard InChI is InChI=1S/C16H23N3O3S/c1-4-16(20)18-15-11-14(6-5-12(15)2)17-13-7-9-19(10-8-13)23(3,21)22/h4-6,11,13,17H,1,7-10H2,2-3H3,(H,18,20). The molecule has 0 spiro atoms. The molecule has 0 radical (unpaired) electrons. The first-order valence-electron chi connectivity index (χ1n) is 7.55. The van der Waals surface area contributed by atoms with E-state index in [2.05, 4.69) is 17.2 Å². The van der Waals surface area contributed by atoms with Crippen LogP contribution in [-0.2, 0) is 14.8 Å². The summed E-state index contributed by atoms with van der Waals surface area (Å²) in [6.07, 6.45) is 4.00. The van der Waals surface area contributed by atoms with Gasteiger partial charge < -0.3 is 10.6 Å². The maximum Gasteiger partial charge on any atom is 0.247 e. The number of aryl methyl sites for hydroxylation is 1. The van der Waals surface area contributed by atoms with Crippen molar-refractivity contribution in [2.75, 3.05) is 30.0 Å². The van der Waals surface area contributed by atoms with Gasteiger partial charge in [0.15, 0.2) is 0 Å². The van der Waals surface area contributed by atoms with Crippen molar-refractivity contribution in [3.63, 3.8) is 0 Å². The third-order valence-electron chi connectivity index (χ3n) is 3.97. The molecule has 0 aromatic heterocycles. The van der Waals surface area contributed by atoms with Crippen molar-refractivity contribution in [2.45, 2.75) is 25.8 Å². The summed E-state index contributed by atoms with van der Waals surface area (Å²) in [7, 11) is -3.10. The number of piperidine rings is 1. The van der Waals surface area contributed by atoms with Crippen LogP contribution in [0.2, 0.25) is 0 Å². The SMILES string of the molecule is C=CC(=O)Nc1cc(NC2CCN(S(C)(=O)=O)CC2)ccc1C. The van der Waals surface area contributed by atoms with E-state index in [0.717, 1.165) is 29.8 Å². The highest BCUT2D eigenvalue weighted by Gasteiger charge is 2.24. The highest BCUT2D eigenvalue weighted by atomic mass is 32.2. The van der Waals surface area contributed by atoms with Gasteiger partial charge in [-0.3, -0.25) is 4.79 Å². The number of benzene rings is 1. The van der Waals surface area contributed by atoms with Crippen molar-refractivity contribution in [3.8, 4) is 0 Å². The van der Waals surface area contributed by atoms with Gasteiger partial charge >= 0.3 is 0 Å². The predicted octanol–water partition coefficient (Wildman–Crippen LogP) is 1.96. The van der Waals surface area contributed by atoms with Crippen LogP contribution in [0.25, 0.3) is 0 Å². The molecular formula is C16H23N3O3S. The number of anilines is 2. The lowest BCUT2D eigenvalue weighted by Crippen LogP contribution is -2.41. The van der Waals surface area contributed by atoms with E-state index >= 15 is 0 Å². The van der Waals surface area contributed by atoms with Crippen molar-refractivity contribution in [1.82, 2.24) is 4.31 Å². The topological polar surface area (TPSA) is 78.5 Å². The molecule has 1 heterocycles. The first-order chi connectivity index (χ1) is 10.8. The minimum Gasteiger partial charge on any atom is -0.382 e. The molecule has 1 aliphatic rings. The molecule has 1 aliphatic heterocycles. The Kier molecular flexibility index (Phi) is 5.43. The Labute approximate surface area is 137 Å². The van der Waals surface area contributed by atoms with Gasteiger partial charge in [0, 0.05) is 30.5 Å². The van der Waals surface area contributed by atoms with Gasteiger partial charge in [-0.2, -0.15) is 0 Å². The van der Waals surface area contributed by atoms with E-state index in [-0.39, 0.29) is 11.9 Å². The van der Waals surface area contributed by atoms with Crippen LogP contribution in [0.4, 0.5) is 11.4 Å². The summed E-state index contributed by atoms with van der Waals surface area (Å²) >= 11 is 0. The van der Waals surface area contributed by atoms with Crippen molar-refractivity contribution in [1.29, 1.82) is 0 Å². The molecule has 1 fully saturated rings. The maximum absolute atomic E-state index is 11.5. The Morgan fingerprint density at radius 1 is 1.35 bits per heavy atom. The van der Waals surface area contributed by atoms with Crippen LogP contribution in [0.5, 0.6) is 0 Å². The Hall–Kier alpha value is -1.86.